The van der Waals surface area contributed by atoms with E-state index < -0.39 is 0 Å². The maximum atomic E-state index is 4.77. The summed E-state index contributed by atoms with van der Waals surface area (Å²) in [5.74, 6) is 3.43. The maximum Gasteiger partial charge on any atom is 0.229 e. The fourth-order valence-electron chi connectivity index (χ4n) is 2.88. The third-order valence-electron chi connectivity index (χ3n) is 4.37. The fourth-order valence-corrected chi connectivity index (χ4v) is 3.93. The predicted octanol–water partition coefficient (Wildman–Crippen LogP) is 5.33. The topological polar surface area (TPSA) is 49.8 Å². The number of fused-ring (bicyclic) bond motifs is 1. The lowest BCUT2D eigenvalue weighted by molar-refractivity contribution is 1.07. The molecule has 2 heterocycles. The number of anilines is 4. The smallest absolute Gasteiger partial charge is 0.229 e. The van der Waals surface area contributed by atoms with Crippen LogP contribution in [-0.2, 0) is 11.5 Å². The van der Waals surface area contributed by atoms with E-state index in [-0.39, 0.29) is 0 Å². The van der Waals surface area contributed by atoms with Crippen LogP contribution in [0.5, 0.6) is 0 Å². The zero-order valence-electron chi connectivity index (χ0n) is 14.3. The number of nitrogens with one attached hydrogen (secondary N) is 2. The monoisotopic (exact) mass is 348 g/mol. The van der Waals surface area contributed by atoms with E-state index in [0.717, 1.165) is 34.4 Å². The highest BCUT2D eigenvalue weighted by atomic mass is 32.2. The summed E-state index contributed by atoms with van der Waals surface area (Å²) in [5.41, 5.74) is 6.83. The molecule has 0 radical (unpaired) electrons. The summed E-state index contributed by atoms with van der Waals surface area (Å²) in [7, 11) is 0. The molecule has 126 valence electrons. The van der Waals surface area contributed by atoms with Gasteiger partial charge in [0.2, 0.25) is 5.95 Å². The van der Waals surface area contributed by atoms with Crippen LogP contribution in [0.25, 0.3) is 0 Å². The van der Waals surface area contributed by atoms with Crippen molar-refractivity contribution in [1.82, 2.24) is 9.97 Å². The molecule has 3 aromatic rings. The van der Waals surface area contributed by atoms with Gasteiger partial charge in [-0.25, -0.2) is 4.98 Å². The predicted molar refractivity (Wildman–Crippen MR) is 106 cm³/mol. The summed E-state index contributed by atoms with van der Waals surface area (Å²) in [5, 5.41) is 6.88. The van der Waals surface area contributed by atoms with Crippen LogP contribution in [0.1, 0.15) is 22.4 Å². The minimum atomic E-state index is 0.645. The summed E-state index contributed by atoms with van der Waals surface area (Å²) >= 11 is 1.88. The Bertz CT molecular complexity index is 923. The van der Waals surface area contributed by atoms with Gasteiger partial charge in [0.15, 0.2) is 0 Å². The highest BCUT2D eigenvalue weighted by molar-refractivity contribution is 7.98. The molecule has 0 saturated heterocycles. The van der Waals surface area contributed by atoms with Crippen molar-refractivity contribution in [1.29, 1.82) is 0 Å². The summed E-state index contributed by atoms with van der Waals surface area (Å²) in [6.07, 6.45) is 0. The van der Waals surface area contributed by atoms with Crippen molar-refractivity contribution in [3.63, 3.8) is 0 Å². The van der Waals surface area contributed by atoms with E-state index in [1.165, 1.54) is 16.7 Å². The highest BCUT2D eigenvalue weighted by Gasteiger charge is 2.20. The number of thioether (sulfide) groups is 1. The molecule has 4 rings (SSSR count). The van der Waals surface area contributed by atoms with Gasteiger partial charge in [-0.15, -0.1) is 0 Å². The van der Waals surface area contributed by atoms with Crippen LogP contribution in [0.3, 0.4) is 0 Å². The molecular formula is C20H20N4S. The number of rotatable bonds is 4. The summed E-state index contributed by atoms with van der Waals surface area (Å²) < 4.78 is 0. The average Bonchev–Trinajstić information content (AvgIpc) is 3.08. The Balaban J connectivity index is 1.71. The van der Waals surface area contributed by atoms with Crippen molar-refractivity contribution in [2.45, 2.75) is 25.4 Å². The summed E-state index contributed by atoms with van der Waals surface area (Å²) in [6, 6.07) is 16.5. The van der Waals surface area contributed by atoms with Gasteiger partial charge >= 0.3 is 0 Å². The van der Waals surface area contributed by atoms with Crippen LogP contribution in [-0.4, -0.2) is 9.97 Å². The lowest BCUT2D eigenvalue weighted by Crippen LogP contribution is -2.07. The van der Waals surface area contributed by atoms with E-state index in [2.05, 4.69) is 48.7 Å². The van der Waals surface area contributed by atoms with E-state index in [1.807, 2.05) is 36.0 Å². The Hall–Kier alpha value is -2.53. The molecule has 25 heavy (non-hydrogen) atoms. The first-order chi connectivity index (χ1) is 12.2. The molecule has 0 aliphatic carbocycles. The molecule has 0 unspecified atom stereocenters. The molecule has 1 aliphatic heterocycles. The van der Waals surface area contributed by atoms with Gasteiger partial charge < -0.3 is 10.6 Å². The van der Waals surface area contributed by atoms with E-state index in [4.69, 9.17) is 9.97 Å². The van der Waals surface area contributed by atoms with Gasteiger partial charge in [0.25, 0.3) is 0 Å². The zero-order chi connectivity index (χ0) is 17.2. The first-order valence-electron chi connectivity index (χ1n) is 8.33. The number of para-hydroxylation sites is 2. The normalized spacial score (nSPS) is 12.7. The molecule has 2 N–H and O–H groups in total. The van der Waals surface area contributed by atoms with Gasteiger partial charge in [-0.05, 0) is 37.1 Å². The minimum absolute atomic E-state index is 0.645. The van der Waals surface area contributed by atoms with Crippen molar-refractivity contribution in [2.75, 3.05) is 10.6 Å². The Labute approximate surface area is 152 Å². The maximum absolute atomic E-state index is 4.77. The molecule has 1 aliphatic rings. The largest absolute Gasteiger partial charge is 0.340 e. The van der Waals surface area contributed by atoms with E-state index in [0.29, 0.717) is 5.95 Å². The number of hydrogen-bond acceptors (Lipinski definition) is 5. The second kappa shape index (κ2) is 6.76. The second-order valence-electron chi connectivity index (χ2n) is 6.19. The molecule has 1 aromatic heterocycles. The lowest BCUT2D eigenvalue weighted by atomic mass is 10.2. The van der Waals surface area contributed by atoms with Crippen molar-refractivity contribution in [3.8, 4) is 0 Å². The van der Waals surface area contributed by atoms with Crippen LogP contribution in [0.2, 0.25) is 0 Å². The van der Waals surface area contributed by atoms with Crippen LogP contribution in [0, 0.1) is 13.8 Å². The SMILES string of the molecule is Cc1ccccc1Nc1nc2c(c(Nc3ccccc3C)n1)CSC2. The van der Waals surface area contributed by atoms with Crippen LogP contribution >= 0.6 is 11.8 Å². The van der Waals surface area contributed by atoms with E-state index in [9.17, 15) is 0 Å². The van der Waals surface area contributed by atoms with Crippen LogP contribution in [0.4, 0.5) is 23.1 Å². The number of aryl methyl sites for hydroxylation is 2. The number of nitrogens with zero attached hydrogens (tertiary/aromatic N) is 2. The summed E-state index contributed by atoms with van der Waals surface area (Å²) in [4.78, 5) is 9.50. The average molecular weight is 348 g/mol. The lowest BCUT2D eigenvalue weighted by Gasteiger charge is -2.14. The third-order valence-corrected chi connectivity index (χ3v) is 5.34. The molecule has 0 atom stereocenters. The molecule has 0 fully saturated rings. The van der Waals surface area contributed by atoms with Crippen molar-refractivity contribution < 1.29 is 0 Å². The van der Waals surface area contributed by atoms with Gasteiger partial charge in [0.1, 0.15) is 5.82 Å². The van der Waals surface area contributed by atoms with Crippen molar-refractivity contribution >= 4 is 34.9 Å². The molecule has 4 nitrogen and oxygen atoms in total. The first-order valence-corrected chi connectivity index (χ1v) is 9.49. The van der Waals surface area contributed by atoms with Crippen LogP contribution in [0.15, 0.2) is 48.5 Å². The molecular weight excluding hydrogens is 328 g/mol. The van der Waals surface area contributed by atoms with Crippen molar-refractivity contribution in [3.05, 3.63) is 70.9 Å². The second-order valence-corrected chi connectivity index (χ2v) is 7.18. The Morgan fingerprint density at radius 3 is 2.12 bits per heavy atom. The van der Waals surface area contributed by atoms with Gasteiger partial charge in [-0.2, -0.15) is 16.7 Å². The Kier molecular flexibility index (Phi) is 4.32. The van der Waals surface area contributed by atoms with Gasteiger partial charge in [-0.1, -0.05) is 36.4 Å². The molecule has 0 amide bonds. The molecule has 0 bridgehead atoms. The van der Waals surface area contributed by atoms with Crippen LogP contribution < -0.4 is 10.6 Å². The zero-order valence-corrected chi connectivity index (χ0v) is 15.2. The first kappa shape index (κ1) is 16.0. The molecule has 0 saturated carbocycles. The Morgan fingerprint density at radius 2 is 1.44 bits per heavy atom. The molecule has 0 spiro atoms. The van der Waals surface area contributed by atoms with Gasteiger partial charge in [0.05, 0.1) is 5.69 Å². The quantitative estimate of drug-likeness (QED) is 0.667. The number of benzene rings is 2. The minimum Gasteiger partial charge on any atom is -0.340 e. The summed E-state index contributed by atoms with van der Waals surface area (Å²) in [6.45, 7) is 4.18. The van der Waals surface area contributed by atoms with E-state index in [1.54, 1.807) is 0 Å². The highest BCUT2D eigenvalue weighted by Crippen LogP contribution is 2.35. The molecule has 2 aromatic carbocycles. The van der Waals surface area contributed by atoms with Gasteiger partial charge in [-0.3, -0.25) is 0 Å². The molecule has 5 heteroatoms. The third kappa shape index (κ3) is 3.33. The van der Waals surface area contributed by atoms with Gasteiger partial charge in [0, 0.05) is 28.4 Å². The Morgan fingerprint density at radius 1 is 0.800 bits per heavy atom. The number of aromatic nitrogens is 2. The fraction of sp³-hybridized carbons (Fsp3) is 0.200. The standard InChI is InChI=1S/C20H20N4S/c1-13-7-3-5-9-16(13)21-19-15-11-25-12-18(15)23-20(24-19)22-17-10-6-4-8-14(17)2/h3-10H,11-12H2,1-2H3,(H2,21,22,23,24). The number of hydrogen-bond donors (Lipinski definition) is 2. The van der Waals surface area contributed by atoms with Crippen molar-refractivity contribution in [2.24, 2.45) is 0 Å². The van der Waals surface area contributed by atoms with E-state index >= 15 is 0 Å².